The highest BCUT2D eigenvalue weighted by atomic mass is 16.5. The number of nitrogens with zero attached hydrogens (tertiary/aromatic N) is 1. The van der Waals surface area contributed by atoms with Crippen molar-refractivity contribution in [1.82, 2.24) is 0 Å². The summed E-state index contributed by atoms with van der Waals surface area (Å²) in [6.45, 7) is 2.86. The normalized spacial score (nSPS) is 10.8. The van der Waals surface area contributed by atoms with Crippen LogP contribution in [0.4, 0.5) is 0 Å². The molecule has 0 aromatic heterocycles. The van der Waals surface area contributed by atoms with E-state index in [1.54, 1.807) is 6.21 Å². The molecule has 0 spiro atoms. The van der Waals surface area contributed by atoms with Crippen molar-refractivity contribution in [3.8, 4) is 0 Å². The average molecular weight is 295 g/mol. The van der Waals surface area contributed by atoms with Crippen LogP contribution in [0.5, 0.6) is 0 Å². The Morgan fingerprint density at radius 1 is 1.09 bits per heavy atom. The first-order valence-electron chi connectivity index (χ1n) is 7.61. The van der Waals surface area contributed by atoms with Crippen LogP contribution in [-0.4, -0.2) is 25.3 Å². The van der Waals surface area contributed by atoms with Crippen molar-refractivity contribution in [1.29, 1.82) is 0 Å². The van der Waals surface area contributed by atoms with Gasteiger partial charge in [0.15, 0.2) is 0 Å². The highest BCUT2D eigenvalue weighted by Crippen LogP contribution is 2.12. The van der Waals surface area contributed by atoms with Crippen molar-refractivity contribution in [2.24, 2.45) is 4.99 Å². The minimum absolute atomic E-state index is 0.265. The van der Waals surface area contributed by atoms with Gasteiger partial charge in [0.2, 0.25) is 0 Å². The van der Waals surface area contributed by atoms with Gasteiger partial charge >= 0.3 is 5.97 Å². The van der Waals surface area contributed by atoms with Gasteiger partial charge in [0, 0.05) is 6.21 Å². The van der Waals surface area contributed by atoms with Gasteiger partial charge in [-0.1, -0.05) is 61.9 Å². The maximum Gasteiger partial charge on any atom is 0.338 e. The van der Waals surface area contributed by atoms with Gasteiger partial charge < -0.3 is 4.74 Å². The molecule has 0 unspecified atom stereocenters. The highest BCUT2D eigenvalue weighted by molar-refractivity contribution is 5.91. The number of hydrogen-bond acceptors (Lipinski definition) is 3. The zero-order valence-corrected chi connectivity index (χ0v) is 12.9. The number of carbonyl (C=O) groups is 1. The molecule has 3 heteroatoms. The van der Waals surface area contributed by atoms with Gasteiger partial charge in [-0.25, -0.2) is 4.79 Å². The lowest BCUT2D eigenvalue weighted by Crippen LogP contribution is -2.10. The molecule has 0 bridgehead atoms. The molecule has 0 saturated carbocycles. The number of benzene rings is 2. The lowest BCUT2D eigenvalue weighted by Gasteiger charge is -2.08. The number of rotatable bonds is 7. The van der Waals surface area contributed by atoms with Crippen LogP contribution in [0.1, 0.15) is 34.8 Å². The Labute approximate surface area is 131 Å². The fraction of sp³-hybridized carbons (Fsp3) is 0.263. The lowest BCUT2D eigenvalue weighted by molar-refractivity contribution is 0.0516. The van der Waals surface area contributed by atoms with Crippen LogP contribution in [-0.2, 0) is 11.2 Å². The van der Waals surface area contributed by atoms with Crippen LogP contribution in [0.15, 0.2) is 59.6 Å². The Hall–Kier alpha value is -2.42. The highest BCUT2D eigenvalue weighted by Gasteiger charge is 2.11. The van der Waals surface area contributed by atoms with Crippen molar-refractivity contribution in [3.63, 3.8) is 0 Å². The number of carbonyl (C=O) groups excluding carboxylic acids is 1. The molecule has 0 aliphatic rings. The molecule has 0 heterocycles. The third-order valence-electron chi connectivity index (χ3n) is 3.25. The van der Waals surface area contributed by atoms with E-state index in [2.05, 4.69) is 11.9 Å². The van der Waals surface area contributed by atoms with Gasteiger partial charge in [-0.2, -0.15) is 0 Å². The molecule has 3 nitrogen and oxygen atoms in total. The van der Waals surface area contributed by atoms with E-state index in [0.29, 0.717) is 18.7 Å². The minimum Gasteiger partial charge on any atom is -0.460 e. The Kier molecular flexibility index (Phi) is 6.37. The van der Waals surface area contributed by atoms with Crippen molar-refractivity contribution in [2.45, 2.75) is 19.8 Å². The number of ether oxygens (including phenoxy) is 1. The molecular weight excluding hydrogens is 274 g/mol. The molecular formula is C19H21NO2. The summed E-state index contributed by atoms with van der Waals surface area (Å²) in [7, 11) is 0. The molecule has 0 aliphatic carbocycles. The monoisotopic (exact) mass is 295 g/mol. The minimum atomic E-state index is -0.265. The summed E-state index contributed by atoms with van der Waals surface area (Å²) < 4.78 is 5.30. The summed E-state index contributed by atoms with van der Waals surface area (Å²) in [5, 5.41) is 0. The maximum absolute atomic E-state index is 12.1. The van der Waals surface area contributed by atoms with Gasteiger partial charge in [-0.3, -0.25) is 4.99 Å². The molecule has 2 rings (SSSR count). The molecule has 22 heavy (non-hydrogen) atoms. The van der Waals surface area contributed by atoms with Gasteiger partial charge in [-0.05, 0) is 23.6 Å². The second-order valence-electron chi connectivity index (χ2n) is 4.99. The van der Waals surface area contributed by atoms with Gasteiger partial charge in [0.05, 0.1) is 12.1 Å². The summed E-state index contributed by atoms with van der Waals surface area (Å²) in [6.07, 6.45) is 3.68. The summed E-state index contributed by atoms with van der Waals surface area (Å²) >= 11 is 0. The largest absolute Gasteiger partial charge is 0.460 e. The van der Waals surface area contributed by atoms with Crippen LogP contribution >= 0.6 is 0 Å². The smallest absolute Gasteiger partial charge is 0.338 e. The number of aliphatic imine (C=N–C) groups is 1. The molecule has 0 atom stereocenters. The van der Waals surface area contributed by atoms with E-state index in [9.17, 15) is 4.79 Å². The van der Waals surface area contributed by atoms with Gasteiger partial charge in [0.25, 0.3) is 0 Å². The standard InChI is InChI=1S/C19H21NO2/c1-2-8-17-11-6-7-12-18(17)19(21)22-14-13-20-15-16-9-4-3-5-10-16/h3-7,9-12,15H,2,8,13-14H2,1H3. The first kappa shape index (κ1) is 16.0. The third-order valence-corrected chi connectivity index (χ3v) is 3.25. The molecule has 2 aromatic carbocycles. The van der Waals surface area contributed by atoms with Crippen molar-refractivity contribution in [3.05, 3.63) is 71.3 Å². The van der Waals surface area contributed by atoms with Gasteiger partial charge in [0.1, 0.15) is 6.61 Å². The number of hydrogen-bond donors (Lipinski definition) is 0. The third kappa shape index (κ3) is 4.85. The van der Waals surface area contributed by atoms with Crippen molar-refractivity contribution in [2.75, 3.05) is 13.2 Å². The Balaban J connectivity index is 1.82. The first-order chi connectivity index (χ1) is 10.8. The van der Waals surface area contributed by atoms with E-state index in [4.69, 9.17) is 4.74 Å². The molecule has 0 fully saturated rings. The molecule has 0 N–H and O–H groups in total. The van der Waals surface area contributed by atoms with Crippen LogP contribution in [0.2, 0.25) is 0 Å². The SMILES string of the molecule is CCCc1ccccc1C(=O)OCCN=Cc1ccccc1. The Morgan fingerprint density at radius 2 is 1.82 bits per heavy atom. The number of esters is 1. The lowest BCUT2D eigenvalue weighted by atomic mass is 10.0. The van der Waals surface area contributed by atoms with Crippen LogP contribution < -0.4 is 0 Å². The molecule has 0 amide bonds. The second kappa shape index (κ2) is 8.78. The zero-order chi connectivity index (χ0) is 15.6. The van der Waals surface area contributed by atoms with Gasteiger partial charge in [-0.15, -0.1) is 0 Å². The number of aryl methyl sites for hydroxylation is 1. The Bertz CT molecular complexity index is 620. The van der Waals surface area contributed by atoms with Crippen molar-refractivity contribution < 1.29 is 9.53 Å². The summed E-state index contributed by atoms with van der Waals surface area (Å²) in [4.78, 5) is 16.4. The van der Waals surface area contributed by atoms with Crippen LogP contribution in [0, 0.1) is 0 Å². The quantitative estimate of drug-likeness (QED) is 0.441. The van der Waals surface area contributed by atoms with Crippen LogP contribution in [0.3, 0.4) is 0 Å². The molecule has 0 aliphatic heterocycles. The average Bonchev–Trinajstić information content (AvgIpc) is 2.56. The fourth-order valence-corrected chi connectivity index (χ4v) is 2.18. The van der Waals surface area contributed by atoms with E-state index in [1.807, 2.05) is 54.6 Å². The van der Waals surface area contributed by atoms with E-state index >= 15 is 0 Å². The summed E-state index contributed by atoms with van der Waals surface area (Å²) in [5.41, 5.74) is 2.75. The predicted octanol–water partition coefficient (Wildman–Crippen LogP) is 3.92. The van der Waals surface area contributed by atoms with Crippen molar-refractivity contribution >= 4 is 12.2 Å². The summed E-state index contributed by atoms with van der Waals surface area (Å²) in [5.74, 6) is -0.265. The predicted molar refractivity (Wildman–Crippen MR) is 89.6 cm³/mol. The van der Waals surface area contributed by atoms with E-state index < -0.39 is 0 Å². The first-order valence-corrected chi connectivity index (χ1v) is 7.61. The zero-order valence-electron chi connectivity index (χ0n) is 12.9. The molecule has 114 valence electrons. The topological polar surface area (TPSA) is 38.7 Å². The Morgan fingerprint density at radius 3 is 2.59 bits per heavy atom. The summed E-state index contributed by atoms with van der Waals surface area (Å²) in [6, 6.07) is 17.5. The van der Waals surface area contributed by atoms with E-state index in [-0.39, 0.29) is 5.97 Å². The second-order valence-corrected chi connectivity index (χ2v) is 4.99. The molecule has 0 radical (unpaired) electrons. The van der Waals surface area contributed by atoms with E-state index in [0.717, 1.165) is 24.0 Å². The molecule has 0 saturated heterocycles. The fourth-order valence-electron chi connectivity index (χ4n) is 2.18. The van der Waals surface area contributed by atoms with Crippen LogP contribution in [0.25, 0.3) is 0 Å². The molecule has 2 aromatic rings. The maximum atomic E-state index is 12.1. The van der Waals surface area contributed by atoms with E-state index in [1.165, 1.54) is 0 Å².